The molecule has 1 heterocycles. The zero-order valence-corrected chi connectivity index (χ0v) is 9.61. The summed E-state index contributed by atoms with van der Waals surface area (Å²) in [4.78, 5) is 11.6. The number of nitrogens with one attached hydrogen (secondary N) is 1. The highest BCUT2D eigenvalue weighted by molar-refractivity contribution is 6.32. The zero-order valence-electron chi connectivity index (χ0n) is 8.85. The van der Waals surface area contributed by atoms with Crippen molar-refractivity contribution in [2.24, 2.45) is 0 Å². The van der Waals surface area contributed by atoms with Crippen molar-refractivity contribution in [3.05, 3.63) is 21.6 Å². The fraction of sp³-hybridized carbons (Fsp3) is 0.556. The lowest BCUT2D eigenvalue weighted by atomic mass is 10.3. The van der Waals surface area contributed by atoms with Crippen molar-refractivity contribution in [1.82, 2.24) is 9.78 Å². The molecule has 0 aliphatic heterocycles. The smallest absolute Gasteiger partial charge is 0.287 e. The molecule has 0 radical (unpaired) electrons. The van der Waals surface area contributed by atoms with Gasteiger partial charge in [0.1, 0.15) is 5.02 Å². The minimum absolute atomic E-state index is 0.00347. The minimum atomic E-state index is -0.467. The Hall–Kier alpha value is -1.11. The van der Waals surface area contributed by atoms with E-state index in [4.69, 9.17) is 21.8 Å². The average Bonchev–Trinajstić information content (AvgIpc) is 2.28. The highest BCUT2D eigenvalue weighted by Gasteiger charge is 2.10. The number of aromatic nitrogens is 2. The maximum Gasteiger partial charge on any atom is 0.287 e. The molecule has 7 heteroatoms. The van der Waals surface area contributed by atoms with Crippen LogP contribution in [0.15, 0.2) is 11.0 Å². The van der Waals surface area contributed by atoms with Crippen molar-refractivity contribution in [2.75, 3.05) is 18.5 Å². The number of aliphatic hydroxyl groups is 2. The molecule has 1 aromatic heterocycles. The van der Waals surface area contributed by atoms with Crippen LogP contribution in [0, 0.1) is 0 Å². The van der Waals surface area contributed by atoms with Crippen molar-refractivity contribution in [2.45, 2.75) is 19.5 Å². The number of halogens is 1. The molecule has 16 heavy (non-hydrogen) atoms. The van der Waals surface area contributed by atoms with E-state index in [9.17, 15) is 4.79 Å². The van der Waals surface area contributed by atoms with Gasteiger partial charge < -0.3 is 15.5 Å². The third-order valence-electron chi connectivity index (χ3n) is 1.97. The van der Waals surface area contributed by atoms with Crippen LogP contribution < -0.4 is 10.9 Å². The molecule has 6 nitrogen and oxygen atoms in total. The highest BCUT2D eigenvalue weighted by atomic mass is 35.5. The Bertz CT molecular complexity index is 407. The summed E-state index contributed by atoms with van der Waals surface area (Å²) in [5, 5.41) is 24.2. The fourth-order valence-electron chi connectivity index (χ4n) is 1.13. The van der Waals surface area contributed by atoms with Crippen LogP contribution in [-0.4, -0.2) is 39.2 Å². The van der Waals surface area contributed by atoms with Crippen LogP contribution in [0.4, 0.5) is 5.69 Å². The molecule has 1 atom stereocenters. The third-order valence-corrected chi connectivity index (χ3v) is 2.34. The van der Waals surface area contributed by atoms with Crippen molar-refractivity contribution < 1.29 is 10.2 Å². The molecular weight excluding hydrogens is 234 g/mol. The molecule has 0 saturated heterocycles. The van der Waals surface area contributed by atoms with Gasteiger partial charge in [0, 0.05) is 6.04 Å². The van der Waals surface area contributed by atoms with Gasteiger partial charge in [0.15, 0.2) is 0 Å². The molecular formula is C9H14ClN3O3. The second-order valence-electron chi connectivity index (χ2n) is 3.35. The first kappa shape index (κ1) is 13.0. The van der Waals surface area contributed by atoms with Gasteiger partial charge in [-0.25, -0.2) is 4.68 Å². The van der Waals surface area contributed by atoms with Crippen LogP contribution in [0.25, 0.3) is 0 Å². The van der Waals surface area contributed by atoms with E-state index in [1.54, 1.807) is 6.92 Å². The van der Waals surface area contributed by atoms with E-state index in [0.29, 0.717) is 5.69 Å². The number of anilines is 1. The van der Waals surface area contributed by atoms with Crippen LogP contribution in [-0.2, 0) is 6.54 Å². The van der Waals surface area contributed by atoms with Gasteiger partial charge in [-0.05, 0) is 6.92 Å². The Morgan fingerprint density at radius 2 is 2.31 bits per heavy atom. The molecule has 3 N–H and O–H groups in total. The van der Waals surface area contributed by atoms with Crippen LogP contribution in [0.1, 0.15) is 6.92 Å². The van der Waals surface area contributed by atoms with E-state index >= 15 is 0 Å². The number of hydrogen-bond acceptors (Lipinski definition) is 5. The molecule has 0 aliphatic rings. The first-order valence-corrected chi connectivity index (χ1v) is 5.21. The molecule has 90 valence electrons. The molecule has 0 amide bonds. The standard InChI is InChI=1S/C9H14ClN3O3/c1-6(5-15)12-7-4-11-13(2-3-14)9(16)8(7)10/h4,6,12,14-15H,2-3,5H2,1H3. The second kappa shape index (κ2) is 5.83. The maximum atomic E-state index is 11.6. The van der Waals surface area contributed by atoms with E-state index in [0.717, 1.165) is 4.68 Å². The van der Waals surface area contributed by atoms with Crippen LogP contribution >= 0.6 is 11.6 Å². The Morgan fingerprint density at radius 1 is 1.62 bits per heavy atom. The van der Waals surface area contributed by atoms with Gasteiger partial charge >= 0.3 is 0 Å². The summed E-state index contributed by atoms with van der Waals surface area (Å²) in [5.74, 6) is 0. The average molecular weight is 248 g/mol. The van der Waals surface area contributed by atoms with E-state index < -0.39 is 5.56 Å². The SMILES string of the molecule is CC(CO)Nc1cnn(CCO)c(=O)c1Cl. The molecule has 0 bridgehead atoms. The summed E-state index contributed by atoms with van der Waals surface area (Å²) in [5.41, 5.74) is -0.0896. The van der Waals surface area contributed by atoms with Crippen LogP contribution in [0.3, 0.4) is 0 Å². The van der Waals surface area contributed by atoms with Gasteiger partial charge in [-0.3, -0.25) is 4.79 Å². The van der Waals surface area contributed by atoms with Gasteiger partial charge in [-0.1, -0.05) is 11.6 Å². The first-order chi connectivity index (χ1) is 7.60. The Morgan fingerprint density at radius 3 is 2.88 bits per heavy atom. The monoisotopic (exact) mass is 247 g/mol. The summed E-state index contributed by atoms with van der Waals surface area (Å²) < 4.78 is 1.08. The number of hydrogen-bond donors (Lipinski definition) is 3. The van der Waals surface area contributed by atoms with E-state index in [2.05, 4.69) is 10.4 Å². The van der Waals surface area contributed by atoms with Crippen molar-refractivity contribution >= 4 is 17.3 Å². The van der Waals surface area contributed by atoms with E-state index in [1.165, 1.54) is 6.20 Å². The lowest BCUT2D eigenvalue weighted by Gasteiger charge is -2.13. The molecule has 0 saturated carbocycles. The Balaban J connectivity index is 2.98. The van der Waals surface area contributed by atoms with Gasteiger partial charge in [-0.15, -0.1) is 0 Å². The van der Waals surface area contributed by atoms with Gasteiger partial charge in [0.05, 0.1) is 31.6 Å². The van der Waals surface area contributed by atoms with Gasteiger partial charge in [-0.2, -0.15) is 5.10 Å². The highest BCUT2D eigenvalue weighted by Crippen LogP contribution is 2.15. The Labute approximate surface area is 97.5 Å². The molecule has 0 aliphatic carbocycles. The topological polar surface area (TPSA) is 87.4 Å². The zero-order chi connectivity index (χ0) is 12.1. The largest absolute Gasteiger partial charge is 0.394 e. The van der Waals surface area contributed by atoms with E-state index in [-0.39, 0.29) is 30.8 Å². The summed E-state index contributed by atoms with van der Waals surface area (Å²) in [7, 11) is 0. The van der Waals surface area contributed by atoms with Crippen molar-refractivity contribution in [1.29, 1.82) is 0 Å². The lowest BCUT2D eigenvalue weighted by molar-refractivity contribution is 0.266. The lowest BCUT2D eigenvalue weighted by Crippen LogP contribution is -2.27. The molecule has 0 fully saturated rings. The molecule has 1 aromatic rings. The van der Waals surface area contributed by atoms with Crippen molar-refractivity contribution in [3.8, 4) is 0 Å². The predicted molar refractivity (Wildman–Crippen MR) is 60.8 cm³/mol. The van der Waals surface area contributed by atoms with Gasteiger partial charge in [0.2, 0.25) is 0 Å². The number of aliphatic hydroxyl groups excluding tert-OH is 2. The van der Waals surface area contributed by atoms with Crippen LogP contribution in [0.5, 0.6) is 0 Å². The van der Waals surface area contributed by atoms with Crippen molar-refractivity contribution in [3.63, 3.8) is 0 Å². The van der Waals surface area contributed by atoms with E-state index in [1.807, 2.05) is 0 Å². The fourth-order valence-corrected chi connectivity index (χ4v) is 1.33. The first-order valence-electron chi connectivity index (χ1n) is 4.84. The Kier molecular flexibility index (Phi) is 4.72. The second-order valence-corrected chi connectivity index (χ2v) is 3.73. The quantitative estimate of drug-likeness (QED) is 0.664. The summed E-state index contributed by atoms with van der Waals surface area (Å²) >= 11 is 5.84. The number of rotatable bonds is 5. The summed E-state index contributed by atoms with van der Waals surface area (Å²) in [6.45, 7) is 1.60. The summed E-state index contributed by atoms with van der Waals surface area (Å²) in [6.07, 6.45) is 1.39. The molecule has 1 rings (SSSR count). The maximum absolute atomic E-state index is 11.6. The number of nitrogens with zero attached hydrogens (tertiary/aromatic N) is 2. The molecule has 0 aromatic carbocycles. The van der Waals surface area contributed by atoms with Gasteiger partial charge in [0.25, 0.3) is 5.56 Å². The predicted octanol–water partition coefficient (Wildman–Crippen LogP) is -0.318. The normalized spacial score (nSPS) is 12.5. The molecule has 1 unspecified atom stereocenters. The third kappa shape index (κ3) is 2.94. The minimum Gasteiger partial charge on any atom is -0.394 e. The van der Waals surface area contributed by atoms with Crippen LogP contribution in [0.2, 0.25) is 5.02 Å². The molecule has 0 spiro atoms. The summed E-state index contributed by atoms with van der Waals surface area (Å²) in [6, 6.07) is -0.215.